The van der Waals surface area contributed by atoms with Crippen molar-refractivity contribution in [3.05, 3.63) is 29.3 Å². The largest absolute Gasteiger partial charge is 0.493 e. The third kappa shape index (κ3) is 5.74. The van der Waals surface area contributed by atoms with Crippen LogP contribution in [0.2, 0.25) is 0 Å². The van der Waals surface area contributed by atoms with E-state index in [4.69, 9.17) is 14.6 Å². The molecule has 0 saturated heterocycles. The van der Waals surface area contributed by atoms with Crippen molar-refractivity contribution in [2.45, 2.75) is 51.2 Å². The summed E-state index contributed by atoms with van der Waals surface area (Å²) >= 11 is 0. The first-order valence-electron chi connectivity index (χ1n) is 8.94. The van der Waals surface area contributed by atoms with Gasteiger partial charge in [-0.3, -0.25) is 4.79 Å². The fourth-order valence-corrected chi connectivity index (χ4v) is 2.94. The van der Waals surface area contributed by atoms with E-state index in [0.717, 1.165) is 25.7 Å². The summed E-state index contributed by atoms with van der Waals surface area (Å²) in [4.78, 5) is 23.3. The van der Waals surface area contributed by atoms with Crippen molar-refractivity contribution in [3.8, 4) is 17.6 Å². The number of carboxylic acid groups (broad SMARTS) is 1. The Morgan fingerprint density at radius 3 is 2.59 bits per heavy atom. The van der Waals surface area contributed by atoms with E-state index in [2.05, 4.69) is 5.32 Å². The molecule has 0 aromatic heterocycles. The fraction of sp³-hybridized carbons (Fsp3) is 0.450. The molecule has 0 aliphatic heterocycles. The summed E-state index contributed by atoms with van der Waals surface area (Å²) in [6.45, 7) is 1.42. The smallest absolute Gasteiger partial charge is 0.344 e. The van der Waals surface area contributed by atoms with E-state index in [1.54, 1.807) is 18.2 Å². The Hall–Kier alpha value is -3.01. The predicted octanol–water partition coefficient (Wildman–Crippen LogP) is 2.90. The highest BCUT2D eigenvalue weighted by molar-refractivity contribution is 6.01. The summed E-state index contributed by atoms with van der Waals surface area (Å²) in [6.07, 6.45) is 5.68. The van der Waals surface area contributed by atoms with Crippen molar-refractivity contribution in [3.63, 3.8) is 0 Å². The van der Waals surface area contributed by atoms with Gasteiger partial charge in [-0.1, -0.05) is 25.3 Å². The lowest BCUT2D eigenvalue weighted by atomic mass is 9.95. The van der Waals surface area contributed by atoms with Crippen LogP contribution in [0.25, 0.3) is 6.08 Å². The molecule has 144 valence electrons. The minimum absolute atomic E-state index is 0.00944. The first kappa shape index (κ1) is 20.3. The zero-order chi connectivity index (χ0) is 19.8. The predicted molar refractivity (Wildman–Crippen MR) is 99.3 cm³/mol. The number of methoxy groups -OCH3 is 1. The standard InChI is InChI=1S/C20H24N2O5/c1-13(20(24)25)27-17-9-8-14(11-18(17)26-2)10-15(12-21)19(23)22-16-6-4-3-5-7-16/h8-11,13,16H,3-7H2,1-2H3,(H,22,23)(H,24,25)/b15-10-/t13-/m0/s1. The van der Waals surface area contributed by atoms with E-state index in [1.165, 1.54) is 26.5 Å². The minimum atomic E-state index is -1.09. The molecule has 1 aliphatic carbocycles. The quantitative estimate of drug-likeness (QED) is 0.563. The van der Waals surface area contributed by atoms with Crippen LogP contribution in [-0.4, -0.2) is 36.2 Å². The number of amides is 1. The average Bonchev–Trinajstić information content (AvgIpc) is 2.67. The molecule has 0 bridgehead atoms. The molecule has 1 atom stereocenters. The van der Waals surface area contributed by atoms with E-state index < -0.39 is 12.1 Å². The number of nitrogens with one attached hydrogen (secondary N) is 1. The van der Waals surface area contributed by atoms with Gasteiger partial charge < -0.3 is 19.9 Å². The number of aliphatic carboxylic acids is 1. The van der Waals surface area contributed by atoms with Gasteiger partial charge >= 0.3 is 5.97 Å². The van der Waals surface area contributed by atoms with Crippen LogP contribution in [0.15, 0.2) is 23.8 Å². The molecule has 1 aromatic carbocycles. The SMILES string of the molecule is COc1cc(/C=C(/C#N)C(=O)NC2CCCCC2)ccc1O[C@@H](C)C(=O)O. The second-order valence-corrected chi connectivity index (χ2v) is 6.49. The summed E-state index contributed by atoms with van der Waals surface area (Å²) in [6, 6.07) is 6.84. The monoisotopic (exact) mass is 372 g/mol. The topological polar surface area (TPSA) is 109 Å². The normalized spacial score (nSPS) is 16.1. The third-order valence-corrected chi connectivity index (χ3v) is 4.46. The number of carbonyl (C=O) groups is 2. The van der Waals surface area contributed by atoms with Crippen molar-refractivity contribution in [1.82, 2.24) is 5.32 Å². The maximum Gasteiger partial charge on any atom is 0.344 e. The first-order valence-corrected chi connectivity index (χ1v) is 8.94. The minimum Gasteiger partial charge on any atom is -0.493 e. The molecule has 0 spiro atoms. The van der Waals surface area contributed by atoms with Crippen molar-refractivity contribution >= 4 is 18.0 Å². The van der Waals surface area contributed by atoms with Crippen molar-refractivity contribution in [2.24, 2.45) is 0 Å². The molecule has 0 radical (unpaired) electrons. The Morgan fingerprint density at radius 2 is 2.00 bits per heavy atom. The lowest BCUT2D eigenvalue weighted by molar-refractivity contribution is -0.144. The van der Waals surface area contributed by atoms with Gasteiger partial charge in [0.25, 0.3) is 5.91 Å². The highest BCUT2D eigenvalue weighted by atomic mass is 16.5. The Kier molecular flexibility index (Phi) is 7.24. The summed E-state index contributed by atoms with van der Waals surface area (Å²) < 4.78 is 10.6. The molecule has 1 saturated carbocycles. The number of nitriles is 1. The second kappa shape index (κ2) is 9.62. The number of benzene rings is 1. The number of carboxylic acids is 1. The van der Waals surface area contributed by atoms with E-state index >= 15 is 0 Å². The highest BCUT2D eigenvalue weighted by Crippen LogP contribution is 2.30. The van der Waals surface area contributed by atoms with Crippen LogP contribution in [0, 0.1) is 11.3 Å². The number of hydrogen-bond acceptors (Lipinski definition) is 5. The van der Waals surface area contributed by atoms with Crippen molar-refractivity contribution in [2.75, 3.05) is 7.11 Å². The second-order valence-electron chi connectivity index (χ2n) is 6.49. The molecule has 1 amide bonds. The number of ether oxygens (including phenoxy) is 2. The van der Waals surface area contributed by atoms with Gasteiger partial charge in [0.1, 0.15) is 11.6 Å². The summed E-state index contributed by atoms with van der Waals surface area (Å²) in [5.41, 5.74) is 0.590. The van der Waals surface area contributed by atoms with Crippen LogP contribution in [0.5, 0.6) is 11.5 Å². The van der Waals surface area contributed by atoms with Gasteiger partial charge in [0.2, 0.25) is 0 Å². The number of rotatable bonds is 7. The highest BCUT2D eigenvalue weighted by Gasteiger charge is 2.19. The Labute approximate surface area is 158 Å². The van der Waals surface area contributed by atoms with Gasteiger partial charge in [-0.25, -0.2) is 4.79 Å². The van der Waals surface area contributed by atoms with E-state index in [-0.39, 0.29) is 23.3 Å². The third-order valence-electron chi connectivity index (χ3n) is 4.46. The summed E-state index contributed by atoms with van der Waals surface area (Å²) in [7, 11) is 1.43. The molecule has 27 heavy (non-hydrogen) atoms. The van der Waals surface area contributed by atoms with Crippen LogP contribution in [0.1, 0.15) is 44.6 Å². The number of carbonyl (C=O) groups excluding carboxylic acids is 1. The Bertz CT molecular complexity index is 760. The first-order chi connectivity index (χ1) is 12.9. The van der Waals surface area contributed by atoms with Gasteiger partial charge in [-0.15, -0.1) is 0 Å². The van der Waals surface area contributed by atoms with Crippen LogP contribution in [-0.2, 0) is 9.59 Å². The summed E-state index contributed by atoms with van der Waals surface area (Å²) in [5, 5.41) is 21.2. The van der Waals surface area contributed by atoms with Crippen LogP contribution in [0.3, 0.4) is 0 Å². The van der Waals surface area contributed by atoms with Gasteiger partial charge in [0, 0.05) is 6.04 Å². The molecule has 1 fully saturated rings. The molecule has 2 rings (SSSR count). The van der Waals surface area contributed by atoms with E-state index in [1.807, 2.05) is 6.07 Å². The van der Waals surface area contributed by atoms with Crippen LogP contribution in [0.4, 0.5) is 0 Å². The lowest BCUT2D eigenvalue weighted by Crippen LogP contribution is -2.36. The molecule has 0 heterocycles. The van der Waals surface area contributed by atoms with Crippen LogP contribution < -0.4 is 14.8 Å². The molecule has 0 unspecified atom stereocenters. The van der Waals surface area contributed by atoms with Crippen LogP contribution >= 0.6 is 0 Å². The molecule has 7 nitrogen and oxygen atoms in total. The fourth-order valence-electron chi connectivity index (χ4n) is 2.94. The van der Waals surface area contributed by atoms with Crippen molar-refractivity contribution in [1.29, 1.82) is 5.26 Å². The molecular formula is C20H24N2O5. The lowest BCUT2D eigenvalue weighted by Gasteiger charge is -2.22. The summed E-state index contributed by atoms with van der Waals surface area (Å²) in [5.74, 6) is -0.882. The molecule has 1 aliphatic rings. The Balaban J connectivity index is 2.16. The zero-order valence-corrected chi connectivity index (χ0v) is 15.5. The van der Waals surface area contributed by atoms with Gasteiger partial charge in [0.15, 0.2) is 17.6 Å². The van der Waals surface area contributed by atoms with E-state index in [9.17, 15) is 14.9 Å². The number of nitrogens with zero attached hydrogens (tertiary/aromatic N) is 1. The van der Waals surface area contributed by atoms with Crippen molar-refractivity contribution < 1.29 is 24.2 Å². The molecule has 1 aromatic rings. The maximum absolute atomic E-state index is 12.4. The maximum atomic E-state index is 12.4. The average molecular weight is 372 g/mol. The molecule has 2 N–H and O–H groups in total. The molecule has 7 heteroatoms. The molecular weight excluding hydrogens is 348 g/mol. The van der Waals surface area contributed by atoms with Gasteiger partial charge in [0.05, 0.1) is 7.11 Å². The Morgan fingerprint density at radius 1 is 1.30 bits per heavy atom. The van der Waals surface area contributed by atoms with E-state index in [0.29, 0.717) is 11.3 Å². The number of hydrogen-bond donors (Lipinski definition) is 2. The zero-order valence-electron chi connectivity index (χ0n) is 15.5. The van der Waals surface area contributed by atoms with Gasteiger partial charge in [-0.05, 0) is 43.5 Å². The van der Waals surface area contributed by atoms with Gasteiger partial charge in [-0.2, -0.15) is 5.26 Å².